The maximum atomic E-state index is 13.8. The Hall–Kier alpha value is -4.91. The fourth-order valence-electron chi connectivity index (χ4n) is 9.24. The number of hydrogen-bond donors (Lipinski definition) is 1. The van der Waals surface area contributed by atoms with Gasteiger partial charge in [-0.25, -0.2) is 9.69 Å². The summed E-state index contributed by atoms with van der Waals surface area (Å²) in [5.74, 6) is 1.94. The molecule has 9 rings (SSSR count). The van der Waals surface area contributed by atoms with Crippen molar-refractivity contribution in [3.05, 3.63) is 119 Å². The highest BCUT2D eigenvalue weighted by Gasteiger charge is 2.51. The third kappa shape index (κ3) is 5.28. The van der Waals surface area contributed by atoms with E-state index in [9.17, 15) is 14.4 Å². The van der Waals surface area contributed by atoms with Crippen molar-refractivity contribution in [2.24, 2.45) is 17.8 Å². The Bertz CT molecular complexity index is 1870. The summed E-state index contributed by atoms with van der Waals surface area (Å²) in [5.41, 5.74) is 6.53. The molecule has 0 radical (unpaired) electrons. The van der Waals surface area contributed by atoms with Crippen molar-refractivity contribution in [3.63, 3.8) is 0 Å². The molecule has 1 N–H and O–H groups in total. The maximum absolute atomic E-state index is 13.8. The summed E-state index contributed by atoms with van der Waals surface area (Å²) < 4.78 is 8.03. The van der Waals surface area contributed by atoms with Crippen molar-refractivity contribution >= 4 is 29.6 Å². The van der Waals surface area contributed by atoms with Gasteiger partial charge in [0, 0.05) is 17.1 Å². The van der Waals surface area contributed by atoms with Crippen LogP contribution in [0.2, 0.25) is 0 Å². The van der Waals surface area contributed by atoms with Gasteiger partial charge in [0.1, 0.15) is 17.9 Å². The van der Waals surface area contributed by atoms with Crippen LogP contribution in [0.5, 0.6) is 5.75 Å². The molecule has 4 amide bonds. The number of imide groups is 2. The van der Waals surface area contributed by atoms with E-state index in [1.807, 2.05) is 86.6 Å². The molecule has 7 heteroatoms. The SMILES string of the molecule is Cc1cc(/C=C2\C(=O)NC(=O)N(c3ccc(C45CC6CC(CC(C6)C4)C5)cc3)C2=O)c(C)n1-c1ccc(OCc2ccccc2)cc1. The van der Waals surface area contributed by atoms with Crippen LogP contribution in [0.4, 0.5) is 10.5 Å². The lowest BCUT2D eigenvalue weighted by Crippen LogP contribution is -2.54. The highest BCUT2D eigenvalue weighted by atomic mass is 16.5. The van der Waals surface area contributed by atoms with Crippen molar-refractivity contribution in [1.29, 1.82) is 0 Å². The van der Waals surface area contributed by atoms with Gasteiger partial charge in [0.05, 0.1) is 5.69 Å². The summed E-state index contributed by atoms with van der Waals surface area (Å²) in [4.78, 5) is 40.9. The van der Waals surface area contributed by atoms with Crippen molar-refractivity contribution < 1.29 is 19.1 Å². The highest BCUT2D eigenvalue weighted by molar-refractivity contribution is 6.39. The topological polar surface area (TPSA) is 80.6 Å². The van der Waals surface area contributed by atoms with E-state index in [-0.39, 0.29) is 11.0 Å². The minimum Gasteiger partial charge on any atom is -0.489 e. The molecule has 4 aliphatic carbocycles. The number of benzene rings is 3. The van der Waals surface area contributed by atoms with E-state index in [4.69, 9.17) is 4.74 Å². The molecule has 0 spiro atoms. The molecule has 0 unspecified atom stereocenters. The summed E-state index contributed by atoms with van der Waals surface area (Å²) in [7, 11) is 0. The number of nitrogens with zero attached hydrogens (tertiary/aromatic N) is 2. The standard InChI is InChI=1S/C40H39N3O4/c1-25-16-31(26(2)42(25)33-12-14-35(15-13-33)47-24-27-6-4-3-5-7-27)20-36-37(44)41-39(46)43(38(36)45)34-10-8-32(9-11-34)40-21-28-17-29(22-40)19-30(18-28)23-40/h3-16,20,28-30H,17-19,21-24H2,1-2H3,(H,41,44,46)/b36-20+. The summed E-state index contributed by atoms with van der Waals surface area (Å²) in [6, 6.07) is 27.1. The summed E-state index contributed by atoms with van der Waals surface area (Å²) >= 11 is 0. The molecule has 1 aromatic heterocycles. The fraction of sp³-hybridized carbons (Fsp3) is 0.325. The molecule has 238 valence electrons. The van der Waals surface area contributed by atoms with Crippen LogP contribution in [0.25, 0.3) is 11.8 Å². The molecule has 47 heavy (non-hydrogen) atoms. The normalized spacial score (nSPS) is 25.8. The average Bonchev–Trinajstić information content (AvgIpc) is 3.34. The number of nitrogens with one attached hydrogen (secondary N) is 1. The van der Waals surface area contributed by atoms with Gasteiger partial charge in [-0.1, -0.05) is 42.5 Å². The van der Waals surface area contributed by atoms with E-state index in [1.165, 1.54) is 44.1 Å². The highest BCUT2D eigenvalue weighted by Crippen LogP contribution is 2.60. The third-order valence-electron chi connectivity index (χ3n) is 11.0. The first-order chi connectivity index (χ1) is 22.8. The fourth-order valence-corrected chi connectivity index (χ4v) is 9.24. The molecule has 2 heterocycles. The Morgan fingerprint density at radius 3 is 2.06 bits per heavy atom. The van der Waals surface area contributed by atoms with Gasteiger partial charge in [-0.15, -0.1) is 0 Å². The molecule has 1 aliphatic heterocycles. The molecule has 5 aliphatic rings. The number of aromatic nitrogens is 1. The lowest BCUT2D eigenvalue weighted by molar-refractivity contribution is -0.122. The molecule has 0 atom stereocenters. The molecular weight excluding hydrogens is 586 g/mol. The molecule has 3 aromatic carbocycles. The van der Waals surface area contributed by atoms with Gasteiger partial charge in [0.15, 0.2) is 0 Å². The number of barbiturate groups is 1. The first-order valence-corrected chi connectivity index (χ1v) is 16.7. The molecule has 4 bridgehead atoms. The van der Waals surface area contributed by atoms with Gasteiger partial charge >= 0.3 is 6.03 Å². The van der Waals surface area contributed by atoms with Gasteiger partial charge in [-0.2, -0.15) is 0 Å². The van der Waals surface area contributed by atoms with E-state index in [0.29, 0.717) is 12.3 Å². The van der Waals surface area contributed by atoms with Crippen LogP contribution in [-0.4, -0.2) is 22.4 Å². The number of hydrogen-bond acceptors (Lipinski definition) is 4. The van der Waals surface area contributed by atoms with Crippen molar-refractivity contribution in [2.45, 2.75) is 64.4 Å². The van der Waals surface area contributed by atoms with Crippen LogP contribution in [-0.2, 0) is 21.6 Å². The summed E-state index contributed by atoms with van der Waals surface area (Å²) in [6.45, 7) is 4.43. The van der Waals surface area contributed by atoms with Crippen LogP contribution >= 0.6 is 0 Å². The lowest BCUT2D eigenvalue weighted by Gasteiger charge is -2.57. The van der Waals surface area contributed by atoms with E-state index in [1.54, 1.807) is 6.08 Å². The Balaban J connectivity index is 1.02. The first kappa shape index (κ1) is 29.5. The Morgan fingerprint density at radius 2 is 1.43 bits per heavy atom. The van der Waals surface area contributed by atoms with Crippen molar-refractivity contribution in [2.75, 3.05) is 4.90 Å². The minimum absolute atomic E-state index is 0.0697. The predicted molar refractivity (Wildman–Crippen MR) is 181 cm³/mol. The predicted octanol–water partition coefficient (Wildman–Crippen LogP) is 7.81. The summed E-state index contributed by atoms with van der Waals surface area (Å²) in [5, 5.41) is 2.39. The van der Waals surface area contributed by atoms with Gasteiger partial charge < -0.3 is 9.30 Å². The number of carbonyl (C=O) groups is 3. The van der Waals surface area contributed by atoms with Crippen LogP contribution < -0.4 is 15.0 Å². The van der Waals surface area contributed by atoms with Crippen LogP contribution in [0.3, 0.4) is 0 Å². The van der Waals surface area contributed by atoms with Gasteiger partial charge in [0.25, 0.3) is 11.8 Å². The van der Waals surface area contributed by atoms with Crippen LogP contribution in [0, 0.1) is 31.6 Å². The number of rotatable bonds is 7. The second kappa shape index (κ2) is 11.4. The number of urea groups is 1. The van der Waals surface area contributed by atoms with E-state index in [0.717, 1.165) is 56.6 Å². The first-order valence-electron chi connectivity index (χ1n) is 16.7. The molecular formula is C40H39N3O4. The summed E-state index contributed by atoms with van der Waals surface area (Å²) in [6.07, 6.45) is 9.46. The zero-order valence-electron chi connectivity index (χ0n) is 26.9. The largest absolute Gasteiger partial charge is 0.489 e. The second-order valence-electron chi connectivity index (χ2n) is 14.1. The monoisotopic (exact) mass is 625 g/mol. The smallest absolute Gasteiger partial charge is 0.335 e. The Kier molecular flexibility index (Phi) is 7.16. The maximum Gasteiger partial charge on any atom is 0.335 e. The van der Waals surface area contributed by atoms with Crippen LogP contribution in [0.15, 0.2) is 90.5 Å². The van der Waals surface area contributed by atoms with Gasteiger partial charge in [-0.3, -0.25) is 14.9 Å². The number of anilines is 1. The number of aryl methyl sites for hydroxylation is 1. The van der Waals surface area contributed by atoms with Gasteiger partial charge in [0.2, 0.25) is 0 Å². The molecule has 7 nitrogen and oxygen atoms in total. The molecule has 4 aromatic rings. The third-order valence-corrected chi connectivity index (χ3v) is 11.0. The quantitative estimate of drug-likeness (QED) is 0.168. The zero-order chi connectivity index (χ0) is 32.3. The van der Waals surface area contributed by atoms with Crippen molar-refractivity contribution in [3.8, 4) is 11.4 Å². The zero-order valence-corrected chi connectivity index (χ0v) is 26.9. The van der Waals surface area contributed by atoms with E-state index >= 15 is 0 Å². The minimum atomic E-state index is -0.722. The number of ether oxygens (including phenoxy) is 1. The Labute approximate surface area is 275 Å². The van der Waals surface area contributed by atoms with Crippen molar-refractivity contribution in [1.82, 2.24) is 9.88 Å². The molecule has 4 saturated carbocycles. The van der Waals surface area contributed by atoms with Crippen LogP contribution in [0.1, 0.15) is 66.6 Å². The second-order valence-corrected chi connectivity index (χ2v) is 14.1. The van der Waals surface area contributed by atoms with Gasteiger partial charge in [-0.05, 0) is 141 Å². The molecule has 5 fully saturated rings. The number of amides is 4. The molecule has 1 saturated heterocycles. The lowest BCUT2D eigenvalue weighted by atomic mass is 9.48. The van der Waals surface area contributed by atoms with E-state index < -0.39 is 17.8 Å². The van der Waals surface area contributed by atoms with E-state index in [2.05, 4.69) is 22.0 Å². The Morgan fingerprint density at radius 1 is 0.809 bits per heavy atom. The number of carbonyl (C=O) groups excluding carboxylic acids is 3. The average molecular weight is 626 g/mol.